The molecule has 2 aromatic carbocycles. The molecule has 0 unspecified atom stereocenters. The van der Waals surface area contributed by atoms with E-state index in [0.717, 1.165) is 32.4 Å². The van der Waals surface area contributed by atoms with Gasteiger partial charge in [0.1, 0.15) is 23.9 Å². The molecular weight excluding hydrogens is 467 g/mol. The van der Waals surface area contributed by atoms with Crippen molar-refractivity contribution < 1.29 is 17.9 Å². The van der Waals surface area contributed by atoms with Gasteiger partial charge >= 0.3 is 0 Å². The number of hydrogen-bond donors (Lipinski definition) is 1. The van der Waals surface area contributed by atoms with E-state index in [2.05, 4.69) is 15.3 Å². The minimum atomic E-state index is -0.655. The molecule has 190 valence electrons. The smallest absolute Gasteiger partial charge is 0.178 e. The number of nitrogens with one attached hydrogen (secondary N) is 1. The Kier molecular flexibility index (Phi) is 6.51. The van der Waals surface area contributed by atoms with Crippen LogP contribution in [0.15, 0.2) is 36.5 Å². The van der Waals surface area contributed by atoms with E-state index in [0.29, 0.717) is 41.5 Å². The molecule has 5 rings (SSSR count). The predicted molar refractivity (Wildman–Crippen MR) is 134 cm³/mol. The number of hydrogen-bond acceptors (Lipinski definition) is 6. The van der Waals surface area contributed by atoms with Gasteiger partial charge in [0.05, 0.1) is 24.1 Å². The van der Waals surface area contributed by atoms with Crippen LogP contribution in [0.4, 0.5) is 24.5 Å². The SMILES string of the molecule is CC(C)(C)N1CCOc2c(F)cc(-c3nc(Cc4ccc(N5CCNCC5)c(F)c4)ncc3F)cc21. The van der Waals surface area contributed by atoms with Gasteiger partial charge in [-0.2, -0.15) is 0 Å². The number of fused-ring (bicyclic) bond motifs is 1. The second kappa shape index (κ2) is 9.61. The molecule has 9 heteroatoms. The van der Waals surface area contributed by atoms with Crippen LogP contribution in [-0.2, 0) is 6.42 Å². The number of aromatic nitrogens is 2. The van der Waals surface area contributed by atoms with Gasteiger partial charge in [0, 0.05) is 43.7 Å². The van der Waals surface area contributed by atoms with Crippen molar-refractivity contribution in [2.75, 3.05) is 49.1 Å². The predicted octanol–water partition coefficient (Wildman–Crippen LogP) is 4.56. The largest absolute Gasteiger partial charge is 0.486 e. The van der Waals surface area contributed by atoms with Crippen LogP contribution in [0.25, 0.3) is 11.3 Å². The molecule has 0 bridgehead atoms. The van der Waals surface area contributed by atoms with Gasteiger partial charge in [0.25, 0.3) is 0 Å². The zero-order chi connectivity index (χ0) is 25.4. The Morgan fingerprint density at radius 3 is 2.44 bits per heavy atom. The van der Waals surface area contributed by atoms with Crippen LogP contribution in [0.5, 0.6) is 5.75 Å². The summed E-state index contributed by atoms with van der Waals surface area (Å²) in [5.41, 5.74) is 1.82. The summed E-state index contributed by atoms with van der Waals surface area (Å²) in [7, 11) is 0. The van der Waals surface area contributed by atoms with Crippen LogP contribution in [-0.4, -0.2) is 54.8 Å². The molecule has 3 heterocycles. The van der Waals surface area contributed by atoms with Gasteiger partial charge in [0.2, 0.25) is 0 Å². The lowest BCUT2D eigenvalue weighted by Gasteiger charge is -2.41. The number of benzene rings is 2. The molecule has 0 aliphatic carbocycles. The molecule has 6 nitrogen and oxygen atoms in total. The second-order valence-electron chi connectivity index (χ2n) is 10.2. The monoisotopic (exact) mass is 497 g/mol. The fraction of sp³-hybridized carbons (Fsp3) is 0.407. The first-order valence-corrected chi connectivity index (χ1v) is 12.2. The Hall–Kier alpha value is -3.33. The summed E-state index contributed by atoms with van der Waals surface area (Å²) in [4.78, 5) is 12.6. The Morgan fingerprint density at radius 1 is 0.944 bits per heavy atom. The molecule has 3 aromatic rings. The third kappa shape index (κ3) is 4.84. The van der Waals surface area contributed by atoms with Crippen LogP contribution in [0, 0.1) is 17.5 Å². The van der Waals surface area contributed by atoms with Gasteiger partial charge in [-0.05, 0) is 50.6 Å². The fourth-order valence-corrected chi connectivity index (χ4v) is 4.81. The topological polar surface area (TPSA) is 53.5 Å². The molecular formula is C27H30F3N5O. The lowest BCUT2D eigenvalue weighted by Crippen LogP contribution is -2.46. The van der Waals surface area contributed by atoms with Gasteiger partial charge in [-0.1, -0.05) is 6.07 Å². The number of anilines is 2. The Balaban J connectivity index is 1.45. The van der Waals surface area contributed by atoms with Crippen molar-refractivity contribution in [3.8, 4) is 17.0 Å². The van der Waals surface area contributed by atoms with Crippen LogP contribution in [0.3, 0.4) is 0 Å². The van der Waals surface area contributed by atoms with Gasteiger partial charge in [-0.25, -0.2) is 23.1 Å². The lowest BCUT2D eigenvalue weighted by molar-refractivity contribution is 0.276. The second-order valence-corrected chi connectivity index (χ2v) is 10.2. The summed E-state index contributed by atoms with van der Waals surface area (Å²) in [6, 6.07) is 8.02. The summed E-state index contributed by atoms with van der Waals surface area (Å²) in [5, 5.41) is 3.26. The molecule has 2 aliphatic rings. The van der Waals surface area contributed by atoms with Crippen molar-refractivity contribution >= 4 is 11.4 Å². The summed E-state index contributed by atoms with van der Waals surface area (Å²) in [5.74, 6) is -1.05. The fourth-order valence-electron chi connectivity index (χ4n) is 4.81. The molecule has 0 amide bonds. The highest BCUT2D eigenvalue weighted by Crippen LogP contribution is 2.41. The van der Waals surface area contributed by atoms with Gasteiger partial charge in [0.15, 0.2) is 17.4 Å². The van der Waals surface area contributed by atoms with E-state index in [1.54, 1.807) is 12.1 Å². The number of piperazine rings is 1. The molecule has 0 atom stereocenters. The summed E-state index contributed by atoms with van der Waals surface area (Å²) in [6.07, 6.45) is 1.30. The third-order valence-corrected chi connectivity index (χ3v) is 6.59. The molecule has 1 N–H and O–H groups in total. The van der Waals surface area contributed by atoms with E-state index in [-0.39, 0.29) is 29.2 Å². The Morgan fingerprint density at radius 2 is 1.72 bits per heavy atom. The lowest BCUT2D eigenvalue weighted by atomic mass is 10.0. The minimum absolute atomic E-state index is 0.000888. The van der Waals surface area contributed by atoms with Crippen LogP contribution >= 0.6 is 0 Å². The number of halogens is 3. The summed E-state index contributed by atoms with van der Waals surface area (Å²) >= 11 is 0. The van der Waals surface area contributed by atoms with Crippen molar-refractivity contribution in [2.24, 2.45) is 0 Å². The summed E-state index contributed by atoms with van der Waals surface area (Å²) < 4.78 is 50.3. The van der Waals surface area contributed by atoms with E-state index in [4.69, 9.17) is 4.74 Å². The van der Waals surface area contributed by atoms with Gasteiger partial charge < -0.3 is 19.9 Å². The third-order valence-electron chi connectivity index (χ3n) is 6.59. The maximum atomic E-state index is 15.0. The van der Waals surface area contributed by atoms with Crippen LogP contribution in [0.1, 0.15) is 32.2 Å². The average Bonchev–Trinajstić information content (AvgIpc) is 2.85. The Bertz CT molecular complexity index is 1270. The van der Waals surface area contributed by atoms with Crippen molar-refractivity contribution in [3.63, 3.8) is 0 Å². The molecule has 1 saturated heterocycles. The van der Waals surface area contributed by atoms with E-state index in [1.165, 1.54) is 12.1 Å². The van der Waals surface area contributed by atoms with Crippen molar-refractivity contribution in [2.45, 2.75) is 32.7 Å². The first-order chi connectivity index (χ1) is 17.2. The van der Waals surface area contributed by atoms with E-state index < -0.39 is 11.6 Å². The quantitative estimate of drug-likeness (QED) is 0.571. The van der Waals surface area contributed by atoms with Crippen molar-refractivity contribution in [1.82, 2.24) is 15.3 Å². The highest BCUT2D eigenvalue weighted by atomic mass is 19.1. The highest BCUT2D eigenvalue weighted by Gasteiger charge is 2.30. The van der Waals surface area contributed by atoms with E-state index in [1.807, 2.05) is 36.6 Å². The van der Waals surface area contributed by atoms with Crippen molar-refractivity contribution in [1.29, 1.82) is 0 Å². The molecule has 0 radical (unpaired) electrons. The van der Waals surface area contributed by atoms with Gasteiger partial charge in [-0.3, -0.25) is 0 Å². The molecule has 0 saturated carbocycles. The average molecular weight is 498 g/mol. The number of rotatable bonds is 4. The molecule has 1 fully saturated rings. The summed E-state index contributed by atoms with van der Waals surface area (Å²) in [6.45, 7) is 10.2. The minimum Gasteiger partial charge on any atom is -0.486 e. The van der Waals surface area contributed by atoms with Crippen molar-refractivity contribution in [3.05, 3.63) is 65.4 Å². The molecule has 1 aromatic heterocycles. The zero-order valence-electron chi connectivity index (χ0n) is 20.7. The van der Waals surface area contributed by atoms with E-state index in [9.17, 15) is 8.78 Å². The van der Waals surface area contributed by atoms with E-state index >= 15 is 4.39 Å². The Labute approximate surface area is 209 Å². The maximum Gasteiger partial charge on any atom is 0.178 e. The highest BCUT2D eigenvalue weighted by molar-refractivity contribution is 5.72. The number of nitrogens with zero attached hydrogens (tertiary/aromatic N) is 4. The molecule has 36 heavy (non-hydrogen) atoms. The normalized spacial score (nSPS) is 16.1. The van der Waals surface area contributed by atoms with Crippen LogP contribution < -0.4 is 19.9 Å². The standard InChI is InChI=1S/C27H30F3N5O/c1-27(2,3)35-10-11-36-26-20(29)14-18(15-23(26)35)25-21(30)16-32-24(33-25)13-17-4-5-22(19(28)12-17)34-8-6-31-7-9-34/h4-5,12,14-16,31H,6-11,13H2,1-3H3. The molecule has 2 aliphatic heterocycles. The number of ether oxygens (including phenoxy) is 1. The first-order valence-electron chi connectivity index (χ1n) is 12.2. The first kappa shape index (κ1) is 24.4. The van der Waals surface area contributed by atoms with Crippen LogP contribution in [0.2, 0.25) is 0 Å². The van der Waals surface area contributed by atoms with Gasteiger partial charge in [-0.15, -0.1) is 0 Å². The zero-order valence-corrected chi connectivity index (χ0v) is 20.7. The maximum absolute atomic E-state index is 15.0. The molecule has 0 spiro atoms.